The maximum absolute atomic E-state index is 13.2. The van der Waals surface area contributed by atoms with Gasteiger partial charge in [-0.15, -0.1) is 0 Å². The number of hydrogen-bond donors (Lipinski definition) is 3. The molecule has 0 bridgehead atoms. The largest absolute Gasteiger partial charge is 0.482 e. The molecule has 3 aromatic rings. The topological polar surface area (TPSA) is 161 Å². The number of ether oxygens (including phenoxy) is 2. The smallest absolute Gasteiger partial charge is 0.372 e. The van der Waals surface area contributed by atoms with E-state index in [0.717, 1.165) is 12.1 Å². The van der Waals surface area contributed by atoms with E-state index in [1.54, 1.807) is 18.2 Å². The summed E-state index contributed by atoms with van der Waals surface area (Å²) in [6, 6.07) is 10.2. The van der Waals surface area contributed by atoms with Crippen LogP contribution in [0.15, 0.2) is 51.7 Å². The lowest BCUT2D eigenvalue weighted by Crippen LogP contribution is -2.16. The minimum atomic E-state index is -1.50. The lowest BCUT2D eigenvalue weighted by molar-refractivity contribution is -0.140. The van der Waals surface area contributed by atoms with Gasteiger partial charge in [0.25, 0.3) is 0 Å². The van der Waals surface area contributed by atoms with Gasteiger partial charge in [0.2, 0.25) is 11.2 Å². The molecule has 0 amide bonds. The van der Waals surface area contributed by atoms with Gasteiger partial charge in [0.1, 0.15) is 22.5 Å². The van der Waals surface area contributed by atoms with Crippen LogP contribution in [0.2, 0.25) is 0 Å². The van der Waals surface area contributed by atoms with Crippen LogP contribution in [0.3, 0.4) is 0 Å². The second-order valence-corrected chi connectivity index (χ2v) is 5.97. The number of carbonyl (C=O) groups is 3. The summed E-state index contributed by atoms with van der Waals surface area (Å²) in [5.74, 6) is -5.11. The molecular weight excluding hydrogens is 400 g/mol. The van der Waals surface area contributed by atoms with Gasteiger partial charge < -0.3 is 29.2 Å². The molecule has 1 aromatic heterocycles. The van der Waals surface area contributed by atoms with Crippen molar-refractivity contribution in [2.75, 3.05) is 13.2 Å². The summed E-state index contributed by atoms with van der Waals surface area (Å²) in [4.78, 5) is 46.6. The molecule has 3 N–H and O–H groups in total. The van der Waals surface area contributed by atoms with E-state index in [9.17, 15) is 24.3 Å². The molecule has 154 valence electrons. The molecule has 3 rings (SSSR count). The third-order valence-corrected chi connectivity index (χ3v) is 3.90. The molecule has 0 radical (unpaired) electrons. The zero-order valence-corrected chi connectivity index (χ0v) is 15.2. The van der Waals surface area contributed by atoms with Crippen LogP contribution in [0, 0.1) is 0 Å². The Kier molecular flexibility index (Phi) is 5.68. The van der Waals surface area contributed by atoms with Crippen LogP contribution in [0.4, 0.5) is 0 Å². The van der Waals surface area contributed by atoms with Crippen molar-refractivity contribution in [3.05, 3.63) is 58.4 Å². The maximum Gasteiger partial charge on any atom is 0.372 e. The first-order chi connectivity index (χ1) is 14.3. The molecule has 0 saturated heterocycles. The van der Waals surface area contributed by atoms with E-state index in [2.05, 4.69) is 0 Å². The second-order valence-electron chi connectivity index (χ2n) is 5.97. The summed E-state index contributed by atoms with van der Waals surface area (Å²) in [6.45, 7) is -1.54. The van der Waals surface area contributed by atoms with Gasteiger partial charge in [-0.25, -0.2) is 14.4 Å². The highest BCUT2D eigenvalue weighted by molar-refractivity contribution is 5.98. The van der Waals surface area contributed by atoms with Gasteiger partial charge in [0.05, 0.1) is 5.56 Å². The van der Waals surface area contributed by atoms with E-state index >= 15 is 0 Å². The molecule has 0 spiro atoms. The molecule has 1 heterocycles. The van der Waals surface area contributed by atoms with Crippen molar-refractivity contribution in [3.63, 3.8) is 0 Å². The van der Waals surface area contributed by atoms with E-state index in [0.29, 0.717) is 0 Å². The Morgan fingerprint density at radius 1 is 0.900 bits per heavy atom. The van der Waals surface area contributed by atoms with Gasteiger partial charge in [-0.1, -0.05) is 30.3 Å². The summed E-state index contributed by atoms with van der Waals surface area (Å²) in [6.07, 6.45) is 0. The Morgan fingerprint density at radius 2 is 1.53 bits per heavy atom. The average molecular weight is 414 g/mol. The Morgan fingerprint density at radius 3 is 2.13 bits per heavy atom. The minimum Gasteiger partial charge on any atom is -0.482 e. The molecule has 10 nitrogen and oxygen atoms in total. The van der Waals surface area contributed by atoms with Crippen molar-refractivity contribution in [2.24, 2.45) is 0 Å². The SMILES string of the molecule is O=C(O)COc1cc(OCC(=O)O)c2c(=O)c(-c3ccccc3)c(C(=O)O)oc2c1. The highest BCUT2D eigenvalue weighted by Crippen LogP contribution is 2.33. The van der Waals surface area contributed by atoms with Crippen molar-refractivity contribution < 1.29 is 43.6 Å². The van der Waals surface area contributed by atoms with Gasteiger partial charge in [-0.2, -0.15) is 0 Å². The average Bonchev–Trinajstić information content (AvgIpc) is 2.70. The Labute approximate surface area is 167 Å². The minimum absolute atomic E-state index is 0.114. The van der Waals surface area contributed by atoms with Crippen LogP contribution in [0.1, 0.15) is 10.6 Å². The molecule has 0 atom stereocenters. The summed E-state index contributed by atoms with van der Waals surface area (Å²) in [5.41, 5.74) is -0.985. The third kappa shape index (κ3) is 4.22. The van der Waals surface area contributed by atoms with Crippen LogP contribution in [0.5, 0.6) is 11.5 Å². The van der Waals surface area contributed by atoms with Crippen molar-refractivity contribution in [1.29, 1.82) is 0 Å². The monoisotopic (exact) mass is 414 g/mol. The fraction of sp³-hybridized carbons (Fsp3) is 0.100. The fourth-order valence-corrected chi connectivity index (χ4v) is 2.76. The highest BCUT2D eigenvalue weighted by atomic mass is 16.5. The Hall–Kier alpha value is -4.34. The van der Waals surface area contributed by atoms with Gasteiger partial charge in [-0.3, -0.25) is 4.79 Å². The summed E-state index contributed by atoms with van der Waals surface area (Å²) < 4.78 is 15.6. The zero-order valence-electron chi connectivity index (χ0n) is 15.2. The van der Waals surface area contributed by atoms with Crippen LogP contribution in [-0.2, 0) is 9.59 Å². The van der Waals surface area contributed by atoms with E-state index in [4.69, 9.17) is 24.1 Å². The Bertz CT molecular complexity index is 1190. The molecule has 0 fully saturated rings. The van der Waals surface area contributed by atoms with Crippen molar-refractivity contribution >= 4 is 28.9 Å². The lowest BCUT2D eigenvalue weighted by atomic mass is 10.0. The van der Waals surface area contributed by atoms with Crippen LogP contribution >= 0.6 is 0 Å². The number of aliphatic carboxylic acids is 2. The van der Waals surface area contributed by atoms with Crippen LogP contribution < -0.4 is 14.9 Å². The quantitative estimate of drug-likeness (QED) is 0.498. The van der Waals surface area contributed by atoms with Crippen LogP contribution in [0.25, 0.3) is 22.1 Å². The van der Waals surface area contributed by atoms with E-state index in [1.165, 1.54) is 12.1 Å². The highest BCUT2D eigenvalue weighted by Gasteiger charge is 2.24. The predicted molar refractivity (Wildman–Crippen MR) is 101 cm³/mol. The standard InChI is InChI=1S/C20H14O10/c21-14(22)8-28-11-6-12(29-9-15(23)24)17-13(7-11)30-19(20(26)27)16(18(17)25)10-4-2-1-3-5-10/h1-7H,8-9H2,(H,21,22)(H,23,24)(H,26,27). The number of hydrogen-bond acceptors (Lipinski definition) is 7. The molecule has 0 aliphatic rings. The Balaban J connectivity index is 2.31. The molecule has 2 aromatic carbocycles. The van der Waals surface area contributed by atoms with Gasteiger partial charge in [0.15, 0.2) is 13.2 Å². The van der Waals surface area contributed by atoms with Crippen molar-refractivity contribution in [1.82, 2.24) is 0 Å². The number of fused-ring (bicyclic) bond motifs is 1. The first kappa shape index (κ1) is 20.4. The molecule has 0 saturated carbocycles. The number of carboxylic acids is 3. The number of aromatic carboxylic acids is 1. The van der Waals surface area contributed by atoms with Gasteiger partial charge in [-0.05, 0) is 5.56 Å². The van der Waals surface area contributed by atoms with E-state index in [1.807, 2.05) is 0 Å². The normalized spacial score (nSPS) is 10.5. The lowest BCUT2D eigenvalue weighted by Gasteiger charge is -2.13. The van der Waals surface area contributed by atoms with Gasteiger partial charge in [0, 0.05) is 12.1 Å². The van der Waals surface area contributed by atoms with E-state index < -0.39 is 42.3 Å². The molecule has 30 heavy (non-hydrogen) atoms. The van der Waals surface area contributed by atoms with Crippen LogP contribution in [-0.4, -0.2) is 46.4 Å². The summed E-state index contributed by atoms with van der Waals surface area (Å²) in [7, 11) is 0. The maximum atomic E-state index is 13.2. The first-order valence-electron chi connectivity index (χ1n) is 8.40. The van der Waals surface area contributed by atoms with Gasteiger partial charge >= 0.3 is 17.9 Å². The fourth-order valence-electron chi connectivity index (χ4n) is 2.76. The number of rotatable bonds is 8. The number of benzene rings is 2. The zero-order chi connectivity index (χ0) is 21.8. The second kappa shape index (κ2) is 8.35. The summed E-state index contributed by atoms with van der Waals surface area (Å²) >= 11 is 0. The molecule has 10 heteroatoms. The summed E-state index contributed by atoms with van der Waals surface area (Å²) in [5, 5.41) is 27.0. The molecule has 0 aliphatic heterocycles. The molecule has 0 aliphatic carbocycles. The first-order valence-corrected chi connectivity index (χ1v) is 8.40. The molecular formula is C20H14O10. The predicted octanol–water partition coefficient (Wildman–Crippen LogP) is 2.08. The van der Waals surface area contributed by atoms with Crippen molar-refractivity contribution in [2.45, 2.75) is 0 Å². The number of carboxylic acid groups (broad SMARTS) is 3. The van der Waals surface area contributed by atoms with E-state index in [-0.39, 0.29) is 33.6 Å². The third-order valence-electron chi connectivity index (χ3n) is 3.90. The van der Waals surface area contributed by atoms with Crippen molar-refractivity contribution in [3.8, 4) is 22.6 Å². The molecule has 0 unspecified atom stereocenters.